The number of H-pyrrole nitrogens is 1. The molecule has 36 heavy (non-hydrogen) atoms. The van der Waals surface area contributed by atoms with E-state index in [9.17, 15) is 9.90 Å². The average molecular weight is 546 g/mol. The fourth-order valence-corrected chi connectivity index (χ4v) is 4.90. The van der Waals surface area contributed by atoms with Gasteiger partial charge in [0.25, 0.3) is 5.91 Å². The Labute approximate surface area is 218 Å². The number of likely N-dealkylation sites (tertiary alicyclic amines) is 1. The minimum absolute atomic E-state index is 0.0569. The number of carbonyl (C=O) groups is 1. The second-order valence-corrected chi connectivity index (χ2v) is 9.87. The molecule has 4 aromatic rings. The van der Waals surface area contributed by atoms with E-state index in [-0.39, 0.29) is 17.7 Å². The zero-order chi connectivity index (χ0) is 25.2. The molecule has 184 valence electrons. The Morgan fingerprint density at radius 1 is 1.17 bits per heavy atom. The van der Waals surface area contributed by atoms with Crippen LogP contribution in [-0.4, -0.2) is 49.8 Å². The van der Waals surface area contributed by atoms with E-state index in [1.54, 1.807) is 24.5 Å². The normalized spacial score (nSPS) is 14.8. The fourth-order valence-electron chi connectivity index (χ4n) is 4.64. The number of aromatic nitrogens is 3. The number of phenols is 1. The Kier molecular flexibility index (Phi) is 6.69. The standard InChI is InChI=1S/C28H28BrN5O2/c1-18(21-7-4-6-10-26(21)35)15-27(34-19(2)24(29)17-31-34)32-20-11-13-33(14-12-20)28(36)23-16-30-25-9-5-3-8-22(23)25/h3-10,15-17,20,30,32,35H,1,11-14H2,2H3/b27-15-. The van der Waals surface area contributed by atoms with E-state index >= 15 is 0 Å². The minimum Gasteiger partial charge on any atom is -0.507 e. The zero-order valence-electron chi connectivity index (χ0n) is 20.0. The number of fused-ring (bicyclic) bond motifs is 1. The van der Waals surface area contributed by atoms with Crippen LogP contribution in [0.5, 0.6) is 5.75 Å². The van der Waals surface area contributed by atoms with Crippen LogP contribution in [-0.2, 0) is 0 Å². The van der Waals surface area contributed by atoms with Crippen LogP contribution in [0, 0.1) is 6.92 Å². The Balaban J connectivity index is 1.32. The smallest absolute Gasteiger partial charge is 0.256 e. The van der Waals surface area contributed by atoms with E-state index in [0.717, 1.165) is 39.7 Å². The fraction of sp³-hybridized carbons (Fsp3) is 0.214. The summed E-state index contributed by atoms with van der Waals surface area (Å²) in [6, 6.07) is 15.2. The molecule has 1 aliphatic heterocycles. The molecule has 0 spiro atoms. The predicted octanol–water partition coefficient (Wildman–Crippen LogP) is 5.55. The molecule has 3 N–H and O–H groups in total. The van der Waals surface area contributed by atoms with Gasteiger partial charge in [0.05, 0.1) is 21.9 Å². The molecule has 2 aromatic heterocycles. The van der Waals surface area contributed by atoms with Crippen LogP contribution in [0.1, 0.15) is 34.5 Å². The van der Waals surface area contributed by atoms with Gasteiger partial charge in [-0.15, -0.1) is 0 Å². The first-order valence-corrected chi connectivity index (χ1v) is 12.7. The highest BCUT2D eigenvalue weighted by Crippen LogP contribution is 2.27. The number of phenolic OH excluding ortho intramolecular Hbond substituents is 1. The summed E-state index contributed by atoms with van der Waals surface area (Å²) < 4.78 is 2.74. The maximum atomic E-state index is 13.2. The van der Waals surface area contributed by atoms with Crippen molar-refractivity contribution in [1.82, 2.24) is 25.0 Å². The Morgan fingerprint density at radius 2 is 1.89 bits per heavy atom. The third kappa shape index (κ3) is 4.68. The molecule has 0 saturated carbocycles. The predicted molar refractivity (Wildman–Crippen MR) is 146 cm³/mol. The lowest BCUT2D eigenvalue weighted by Crippen LogP contribution is -2.45. The van der Waals surface area contributed by atoms with Crippen LogP contribution in [0.15, 0.2) is 78.1 Å². The van der Waals surface area contributed by atoms with Crippen molar-refractivity contribution in [1.29, 1.82) is 0 Å². The number of carbonyl (C=O) groups excluding carboxylic acids is 1. The summed E-state index contributed by atoms with van der Waals surface area (Å²) >= 11 is 3.54. The number of aromatic hydroxyl groups is 1. The van der Waals surface area contributed by atoms with E-state index in [1.165, 1.54) is 0 Å². The molecule has 1 saturated heterocycles. The Bertz CT molecular complexity index is 1460. The maximum Gasteiger partial charge on any atom is 0.256 e. The van der Waals surface area contributed by atoms with Gasteiger partial charge in [0.2, 0.25) is 0 Å². The molecule has 2 aromatic carbocycles. The molecular weight excluding hydrogens is 518 g/mol. The number of para-hydroxylation sites is 2. The van der Waals surface area contributed by atoms with Crippen molar-refractivity contribution < 1.29 is 9.90 Å². The molecule has 1 aliphatic rings. The number of halogens is 1. The van der Waals surface area contributed by atoms with Crippen LogP contribution in [0.3, 0.4) is 0 Å². The second-order valence-electron chi connectivity index (χ2n) is 9.02. The first-order valence-electron chi connectivity index (χ1n) is 11.9. The van der Waals surface area contributed by atoms with Crippen molar-refractivity contribution in [3.8, 4) is 5.75 Å². The SMILES string of the molecule is C=C(/C=C(/NC1CCN(C(=O)c2c[nH]c3ccccc23)CC1)n1ncc(Br)c1C)c1ccccc1O. The van der Waals surface area contributed by atoms with Gasteiger partial charge in [-0.05, 0) is 59.5 Å². The number of allylic oxidation sites excluding steroid dienone is 2. The summed E-state index contributed by atoms with van der Waals surface area (Å²) in [5.41, 5.74) is 3.98. The van der Waals surface area contributed by atoms with Crippen LogP contribution in [0.2, 0.25) is 0 Å². The number of hydrogen-bond donors (Lipinski definition) is 3. The van der Waals surface area contributed by atoms with E-state index in [1.807, 2.05) is 59.0 Å². The van der Waals surface area contributed by atoms with Gasteiger partial charge >= 0.3 is 0 Å². The minimum atomic E-state index is 0.0569. The highest BCUT2D eigenvalue weighted by molar-refractivity contribution is 9.10. The number of nitrogens with zero attached hydrogens (tertiary/aromatic N) is 3. The summed E-state index contributed by atoms with van der Waals surface area (Å²) in [4.78, 5) is 18.3. The van der Waals surface area contributed by atoms with Gasteiger partial charge in [0.15, 0.2) is 0 Å². The summed E-state index contributed by atoms with van der Waals surface area (Å²) in [6.07, 6.45) is 7.08. The monoisotopic (exact) mass is 545 g/mol. The molecule has 7 nitrogen and oxygen atoms in total. The number of rotatable bonds is 6. The first kappa shape index (κ1) is 23.9. The third-order valence-corrected chi connectivity index (χ3v) is 7.47. The molecule has 1 amide bonds. The quantitative estimate of drug-likeness (QED) is 0.277. The molecule has 0 atom stereocenters. The number of benzene rings is 2. The lowest BCUT2D eigenvalue weighted by atomic mass is 10.0. The average Bonchev–Trinajstić information content (AvgIpc) is 3.47. The molecule has 0 radical (unpaired) electrons. The highest BCUT2D eigenvalue weighted by Gasteiger charge is 2.26. The van der Waals surface area contributed by atoms with Gasteiger partial charge in [-0.25, -0.2) is 4.68 Å². The van der Waals surface area contributed by atoms with E-state index < -0.39 is 0 Å². The van der Waals surface area contributed by atoms with Crippen molar-refractivity contribution in [3.05, 3.63) is 94.9 Å². The zero-order valence-corrected chi connectivity index (χ0v) is 21.6. The topological polar surface area (TPSA) is 86.2 Å². The van der Waals surface area contributed by atoms with Gasteiger partial charge in [-0.3, -0.25) is 4.79 Å². The molecule has 0 bridgehead atoms. The summed E-state index contributed by atoms with van der Waals surface area (Å²) in [7, 11) is 0. The van der Waals surface area contributed by atoms with Crippen molar-refractivity contribution in [3.63, 3.8) is 0 Å². The highest BCUT2D eigenvalue weighted by atomic mass is 79.9. The number of hydrogen-bond acceptors (Lipinski definition) is 4. The number of aromatic amines is 1. The van der Waals surface area contributed by atoms with E-state index in [4.69, 9.17) is 0 Å². The number of amides is 1. The summed E-state index contributed by atoms with van der Waals surface area (Å²) in [6.45, 7) is 7.48. The molecule has 0 unspecified atom stereocenters. The van der Waals surface area contributed by atoms with Crippen LogP contribution in [0.4, 0.5) is 0 Å². The summed E-state index contributed by atoms with van der Waals surface area (Å²) in [5.74, 6) is 1.01. The molecule has 5 rings (SSSR count). The third-order valence-electron chi connectivity index (χ3n) is 6.69. The lowest BCUT2D eigenvalue weighted by molar-refractivity contribution is 0.0711. The Morgan fingerprint density at radius 3 is 2.61 bits per heavy atom. The van der Waals surface area contributed by atoms with Crippen LogP contribution >= 0.6 is 15.9 Å². The van der Waals surface area contributed by atoms with E-state index in [2.05, 4.69) is 37.9 Å². The maximum absolute atomic E-state index is 13.2. The van der Waals surface area contributed by atoms with Crippen molar-refractivity contribution in [2.24, 2.45) is 0 Å². The number of nitrogens with one attached hydrogen (secondary N) is 2. The van der Waals surface area contributed by atoms with Gasteiger partial charge in [0, 0.05) is 41.8 Å². The lowest BCUT2D eigenvalue weighted by Gasteiger charge is -2.33. The largest absolute Gasteiger partial charge is 0.507 e. The first-order chi connectivity index (χ1) is 17.4. The van der Waals surface area contributed by atoms with Crippen LogP contribution < -0.4 is 5.32 Å². The van der Waals surface area contributed by atoms with Crippen LogP contribution in [0.25, 0.3) is 22.3 Å². The Hall–Kier alpha value is -3.78. The molecule has 8 heteroatoms. The van der Waals surface area contributed by atoms with Crippen molar-refractivity contribution in [2.45, 2.75) is 25.8 Å². The molecular formula is C28H28BrN5O2. The van der Waals surface area contributed by atoms with Gasteiger partial charge in [-0.1, -0.05) is 43.0 Å². The summed E-state index contributed by atoms with van der Waals surface area (Å²) in [5, 5.41) is 19.4. The van der Waals surface area contributed by atoms with Gasteiger partial charge in [-0.2, -0.15) is 5.10 Å². The van der Waals surface area contributed by atoms with Gasteiger partial charge < -0.3 is 20.3 Å². The van der Waals surface area contributed by atoms with Crippen molar-refractivity contribution >= 4 is 44.1 Å². The molecule has 3 heterocycles. The number of piperidine rings is 1. The van der Waals surface area contributed by atoms with E-state index in [0.29, 0.717) is 29.8 Å². The molecule has 0 aliphatic carbocycles. The second kappa shape index (κ2) is 10.1. The van der Waals surface area contributed by atoms with Gasteiger partial charge in [0.1, 0.15) is 11.6 Å². The van der Waals surface area contributed by atoms with Crippen molar-refractivity contribution in [2.75, 3.05) is 13.1 Å². The molecule has 1 fully saturated rings.